The van der Waals surface area contributed by atoms with Crippen molar-refractivity contribution in [1.82, 2.24) is 5.32 Å². The zero-order valence-corrected chi connectivity index (χ0v) is 9.52. The summed E-state index contributed by atoms with van der Waals surface area (Å²) in [5.41, 5.74) is 1.02. The molecule has 2 heteroatoms. The summed E-state index contributed by atoms with van der Waals surface area (Å²) in [6.45, 7) is 0.806. The van der Waals surface area contributed by atoms with Gasteiger partial charge in [0.1, 0.15) is 5.75 Å². The molecule has 3 atom stereocenters. The van der Waals surface area contributed by atoms with E-state index >= 15 is 0 Å². The molecule has 0 radical (unpaired) electrons. The molecule has 0 saturated heterocycles. The summed E-state index contributed by atoms with van der Waals surface area (Å²) in [5, 5.41) is 13.3. The molecule has 16 heavy (non-hydrogen) atoms. The molecule has 1 aromatic carbocycles. The Kier molecular flexibility index (Phi) is 2.60. The fourth-order valence-electron chi connectivity index (χ4n) is 3.40. The number of aromatic hydroxyl groups is 1. The summed E-state index contributed by atoms with van der Waals surface area (Å²) in [6.07, 6.45) is 5.62. The summed E-state index contributed by atoms with van der Waals surface area (Å²) in [7, 11) is 0. The van der Waals surface area contributed by atoms with Crippen LogP contribution in [0.1, 0.15) is 31.2 Å². The van der Waals surface area contributed by atoms with Gasteiger partial charge in [-0.1, -0.05) is 24.6 Å². The van der Waals surface area contributed by atoms with E-state index in [1.54, 1.807) is 6.07 Å². The van der Waals surface area contributed by atoms with E-state index in [1.165, 1.54) is 25.7 Å². The van der Waals surface area contributed by atoms with E-state index in [1.807, 2.05) is 18.2 Å². The van der Waals surface area contributed by atoms with Crippen LogP contribution in [0.2, 0.25) is 0 Å². The first-order valence-electron chi connectivity index (χ1n) is 6.33. The first-order valence-corrected chi connectivity index (χ1v) is 6.33. The Morgan fingerprint density at radius 3 is 2.75 bits per heavy atom. The fraction of sp³-hybridized carbons (Fsp3) is 0.571. The summed E-state index contributed by atoms with van der Waals surface area (Å²) in [5.74, 6) is 2.29. The number of fused-ring (bicyclic) bond motifs is 2. The van der Waals surface area contributed by atoms with Crippen LogP contribution in [0.25, 0.3) is 0 Å². The second-order valence-electron chi connectivity index (χ2n) is 5.29. The molecule has 2 nitrogen and oxygen atoms in total. The van der Waals surface area contributed by atoms with Crippen LogP contribution in [-0.2, 0) is 6.54 Å². The molecule has 2 fully saturated rings. The maximum atomic E-state index is 9.68. The van der Waals surface area contributed by atoms with E-state index in [4.69, 9.17) is 0 Å². The molecule has 0 aromatic heterocycles. The Labute approximate surface area is 96.7 Å². The number of phenolic OH excluding ortho intramolecular Hbond substituents is 1. The minimum atomic E-state index is 0.415. The van der Waals surface area contributed by atoms with Crippen molar-refractivity contribution in [1.29, 1.82) is 0 Å². The molecule has 0 heterocycles. The number of nitrogens with one attached hydrogen (secondary N) is 1. The van der Waals surface area contributed by atoms with Crippen molar-refractivity contribution in [3.05, 3.63) is 29.8 Å². The van der Waals surface area contributed by atoms with Crippen molar-refractivity contribution >= 4 is 0 Å². The van der Waals surface area contributed by atoms with Gasteiger partial charge in [0.15, 0.2) is 0 Å². The lowest BCUT2D eigenvalue weighted by molar-refractivity contribution is 0.348. The Hall–Kier alpha value is -1.02. The standard InChI is InChI=1S/C14H19NO/c16-14-4-2-1-3-12(14)9-15-13-8-10-5-6-11(13)7-10/h1-4,10-11,13,15-16H,5-9H2. The average molecular weight is 217 g/mol. The molecule has 3 unspecified atom stereocenters. The third-order valence-electron chi connectivity index (χ3n) is 4.28. The first kappa shape index (κ1) is 10.2. The van der Waals surface area contributed by atoms with Crippen LogP contribution < -0.4 is 5.32 Å². The number of hydrogen-bond acceptors (Lipinski definition) is 2. The van der Waals surface area contributed by atoms with E-state index in [0.717, 1.165) is 23.9 Å². The monoisotopic (exact) mass is 217 g/mol. The number of para-hydroxylation sites is 1. The van der Waals surface area contributed by atoms with Crippen molar-refractivity contribution < 1.29 is 5.11 Å². The van der Waals surface area contributed by atoms with Crippen molar-refractivity contribution in [3.63, 3.8) is 0 Å². The third-order valence-corrected chi connectivity index (χ3v) is 4.28. The van der Waals surface area contributed by atoms with Gasteiger partial charge in [-0.05, 0) is 37.2 Å². The SMILES string of the molecule is Oc1ccccc1CNC1CC2CCC1C2. The van der Waals surface area contributed by atoms with Gasteiger partial charge in [0.2, 0.25) is 0 Å². The van der Waals surface area contributed by atoms with E-state index in [-0.39, 0.29) is 0 Å². The van der Waals surface area contributed by atoms with Crippen LogP contribution in [0.4, 0.5) is 0 Å². The summed E-state index contributed by atoms with van der Waals surface area (Å²) in [6, 6.07) is 8.31. The van der Waals surface area contributed by atoms with Gasteiger partial charge in [-0.3, -0.25) is 0 Å². The molecule has 2 bridgehead atoms. The largest absolute Gasteiger partial charge is 0.508 e. The lowest BCUT2D eigenvalue weighted by Crippen LogP contribution is -2.33. The van der Waals surface area contributed by atoms with Gasteiger partial charge in [-0.15, -0.1) is 0 Å². The molecule has 3 rings (SSSR count). The number of rotatable bonds is 3. The predicted octanol–water partition coefficient (Wildman–Crippen LogP) is 2.67. The second kappa shape index (κ2) is 4.10. The molecular formula is C14H19NO. The van der Waals surface area contributed by atoms with Crippen LogP contribution in [-0.4, -0.2) is 11.1 Å². The highest BCUT2D eigenvalue weighted by atomic mass is 16.3. The Bertz CT molecular complexity index is 377. The number of phenols is 1. The minimum Gasteiger partial charge on any atom is -0.508 e. The quantitative estimate of drug-likeness (QED) is 0.816. The van der Waals surface area contributed by atoms with Crippen LogP contribution in [0.15, 0.2) is 24.3 Å². The molecule has 0 amide bonds. The molecule has 86 valence electrons. The lowest BCUT2D eigenvalue weighted by Gasteiger charge is -2.23. The van der Waals surface area contributed by atoms with Crippen molar-refractivity contribution in [2.75, 3.05) is 0 Å². The van der Waals surface area contributed by atoms with Gasteiger partial charge in [0.05, 0.1) is 0 Å². The van der Waals surface area contributed by atoms with Crippen LogP contribution in [0.5, 0.6) is 5.75 Å². The fourth-order valence-corrected chi connectivity index (χ4v) is 3.40. The highest BCUT2D eigenvalue weighted by molar-refractivity contribution is 5.31. The molecule has 2 aliphatic rings. The number of hydrogen-bond donors (Lipinski definition) is 2. The van der Waals surface area contributed by atoms with Crippen molar-refractivity contribution in [2.24, 2.45) is 11.8 Å². The van der Waals surface area contributed by atoms with Gasteiger partial charge >= 0.3 is 0 Å². The zero-order valence-electron chi connectivity index (χ0n) is 9.52. The molecule has 0 spiro atoms. The highest BCUT2D eigenvalue weighted by Crippen LogP contribution is 2.44. The van der Waals surface area contributed by atoms with Crippen molar-refractivity contribution in [3.8, 4) is 5.75 Å². The molecule has 2 aliphatic carbocycles. The maximum absolute atomic E-state index is 9.68. The summed E-state index contributed by atoms with van der Waals surface area (Å²) >= 11 is 0. The van der Waals surface area contributed by atoms with E-state index in [0.29, 0.717) is 11.8 Å². The van der Waals surface area contributed by atoms with Crippen LogP contribution >= 0.6 is 0 Å². The zero-order chi connectivity index (χ0) is 11.0. The maximum Gasteiger partial charge on any atom is 0.120 e. The Morgan fingerprint density at radius 1 is 1.19 bits per heavy atom. The van der Waals surface area contributed by atoms with Gasteiger partial charge in [-0.2, -0.15) is 0 Å². The van der Waals surface area contributed by atoms with Gasteiger partial charge in [0.25, 0.3) is 0 Å². The van der Waals surface area contributed by atoms with E-state index in [2.05, 4.69) is 5.32 Å². The highest BCUT2D eigenvalue weighted by Gasteiger charge is 2.38. The Balaban J connectivity index is 1.59. The molecular weight excluding hydrogens is 198 g/mol. The third kappa shape index (κ3) is 1.82. The summed E-state index contributed by atoms with van der Waals surface area (Å²) in [4.78, 5) is 0. The molecule has 2 saturated carbocycles. The first-order chi connectivity index (χ1) is 7.83. The second-order valence-corrected chi connectivity index (χ2v) is 5.29. The normalized spacial score (nSPS) is 32.1. The smallest absolute Gasteiger partial charge is 0.120 e. The van der Waals surface area contributed by atoms with Crippen LogP contribution in [0, 0.1) is 11.8 Å². The predicted molar refractivity (Wildman–Crippen MR) is 64.2 cm³/mol. The van der Waals surface area contributed by atoms with Crippen LogP contribution in [0.3, 0.4) is 0 Å². The molecule has 1 aromatic rings. The summed E-state index contributed by atoms with van der Waals surface area (Å²) < 4.78 is 0. The van der Waals surface area contributed by atoms with Gasteiger partial charge < -0.3 is 10.4 Å². The Morgan fingerprint density at radius 2 is 2.06 bits per heavy atom. The molecule has 2 N–H and O–H groups in total. The minimum absolute atomic E-state index is 0.415. The lowest BCUT2D eigenvalue weighted by atomic mass is 9.95. The topological polar surface area (TPSA) is 32.3 Å². The van der Waals surface area contributed by atoms with Gasteiger partial charge in [0, 0.05) is 18.2 Å². The molecule has 0 aliphatic heterocycles. The average Bonchev–Trinajstić information content (AvgIpc) is 2.90. The number of benzene rings is 1. The van der Waals surface area contributed by atoms with Crippen molar-refractivity contribution in [2.45, 2.75) is 38.3 Å². The van der Waals surface area contributed by atoms with Gasteiger partial charge in [-0.25, -0.2) is 0 Å². The van der Waals surface area contributed by atoms with E-state index < -0.39 is 0 Å². The van der Waals surface area contributed by atoms with E-state index in [9.17, 15) is 5.11 Å².